The Balaban J connectivity index is 1.78. The van der Waals surface area contributed by atoms with Crippen LogP contribution in [0.4, 0.5) is 5.69 Å². The summed E-state index contributed by atoms with van der Waals surface area (Å²) in [6, 6.07) is 7.75. The van der Waals surface area contributed by atoms with Crippen molar-refractivity contribution in [1.82, 2.24) is 15.0 Å². The van der Waals surface area contributed by atoms with Crippen molar-refractivity contribution < 1.29 is 9.53 Å². The minimum Gasteiger partial charge on any atom is -0.378 e. The zero-order valence-electron chi connectivity index (χ0n) is 11.7. The highest BCUT2D eigenvalue weighted by molar-refractivity contribution is 5.92. The molecule has 0 aliphatic carbocycles. The van der Waals surface area contributed by atoms with Crippen molar-refractivity contribution in [2.45, 2.75) is 0 Å². The molecular formula is C13H13N7O2. The summed E-state index contributed by atoms with van der Waals surface area (Å²) in [5, 5.41) is 10.5. The van der Waals surface area contributed by atoms with Crippen LogP contribution in [0.1, 0.15) is 10.5 Å². The van der Waals surface area contributed by atoms with E-state index in [1.807, 2.05) is 24.3 Å². The van der Waals surface area contributed by atoms with Gasteiger partial charge in [0.1, 0.15) is 0 Å². The van der Waals surface area contributed by atoms with Gasteiger partial charge in [-0.3, -0.25) is 4.79 Å². The molecular weight excluding hydrogens is 286 g/mol. The Bertz CT molecular complexity index is 712. The fourth-order valence-corrected chi connectivity index (χ4v) is 2.22. The van der Waals surface area contributed by atoms with Crippen molar-refractivity contribution in [1.29, 1.82) is 0 Å². The number of aromatic nitrogens is 3. The minimum absolute atomic E-state index is 0.00931. The number of nitrogens with zero attached hydrogens (tertiary/aromatic N) is 7. The topological polar surface area (TPSA) is 109 Å². The molecule has 1 aromatic carbocycles. The summed E-state index contributed by atoms with van der Waals surface area (Å²) in [7, 11) is 0. The second-order valence-corrected chi connectivity index (χ2v) is 4.66. The molecule has 0 radical (unpaired) electrons. The van der Waals surface area contributed by atoms with E-state index in [9.17, 15) is 4.79 Å². The van der Waals surface area contributed by atoms with E-state index in [0.717, 1.165) is 37.7 Å². The molecule has 1 amide bonds. The van der Waals surface area contributed by atoms with Gasteiger partial charge in [0.05, 0.1) is 25.1 Å². The van der Waals surface area contributed by atoms with Crippen LogP contribution in [-0.2, 0) is 4.74 Å². The van der Waals surface area contributed by atoms with Gasteiger partial charge in [-0.2, -0.15) is 0 Å². The maximum absolute atomic E-state index is 11.4. The summed E-state index contributed by atoms with van der Waals surface area (Å²) in [6.07, 6.45) is 1.43. The first-order chi connectivity index (χ1) is 10.8. The predicted molar refractivity (Wildman–Crippen MR) is 77.9 cm³/mol. The molecule has 0 N–H and O–H groups in total. The van der Waals surface area contributed by atoms with E-state index in [0.29, 0.717) is 0 Å². The van der Waals surface area contributed by atoms with Crippen molar-refractivity contribution in [3.63, 3.8) is 0 Å². The monoisotopic (exact) mass is 299 g/mol. The molecule has 0 spiro atoms. The van der Waals surface area contributed by atoms with Gasteiger partial charge >= 0.3 is 0 Å². The lowest BCUT2D eigenvalue weighted by atomic mass is 10.2. The fourth-order valence-electron chi connectivity index (χ4n) is 2.22. The van der Waals surface area contributed by atoms with E-state index < -0.39 is 5.91 Å². The number of rotatable bonds is 3. The molecule has 0 bridgehead atoms. The van der Waals surface area contributed by atoms with Crippen LogP contribution in [0.5, 0.6) is 0 Å². The smallest absolute Gasteiger partial charge is 0.270 e. The lowest BCUT2D eigenvalue weighted by molar-refractivity contribution is 0.0995. The standard InChI is InChI=1S/C13H13N7O2/c14-17-16-13(21)12-9-20(18-15-12)11-3-1-10(2-4-11)19-5-7-22-8-6-19/h1-4,9H,5-8H2. The molecule has 1 aliphatic heterocycles. The Morgan fingerprint density at radius 2 is 1.91 bits per heavy atom. The Kier molecular flexibility index (Phi) is 3.99. The van der Waals surface area contributed by atoms with Crippen LogP contribution in [-0.4, -0.2) is 47.2 Å². The van der Waals surface area contributed by atoms with Gasteiger partial charge in [0.15, 0.2) is 5.69 Å². The summed E-state index contributed by atoms with van der Waals surface area (Å²) in [5.74, 6) is -0.751. The molecule has 1 aliphatic rings. The Hall–Kier alpha value is -2.90. The second kappa shape index (κ2) is 6.25. The molecule has 1 aromatic heterocycles. The number of carbonyl (C=O) groups excluding carboxylic acids is 1. The molecule has 0 saturated carbocycles. The number of carbonyl (C=O) groups is 1. The third kappa shape index (κ3) is 2.90. The first kappa shape index (κ1) is 14.1. The Morgan fingerprint density at radius 1 is 1.23 bits per heavy atom. The number of morpholine rings is 1. The molecule has 2 aromatic rings. The van der Waals surface area contributed by atoms with Gasteiger partial charge in [-0.25, -0.2) is 4.68 Å². The van der Waals surface area contributed by atoms with Gasteiger partial charge in [0, 0.05) is 23.7 Å². The number of hydrogen-bond donors (Lipinski definition) is 0. The van der Waals surface area contributed by atoms with Gasteiger partial charge in [0.25, 0.3) is 5.91 Å². The zero-order valence-corrected chi connectivity index (χ0v) is 11.7. The van der Waals surface area contributed by atoms with Crippen molar-refractivity contribution >= 4 is 11.6 Å². The summed E-state index contributed by atoms with van der Waals surface area (Å²) < 4.78 is 6.79. The number of hydrogen-bond acceptors (Lipinski definition) is 5. The van der Waals surface area contributed by atoms with Crippen molar-refractivity contribution in [2.75, 3.05) is 31.2 Å². The predicted octanol–water partition coefficient (Wildman–Crippen LogP) is 1.55. The van der Waals surface area contributed by atoms with E-state index >= 15 is 0 Å². The number of ether oxygens (including phenoxy) is 1. The van der Waals surface area contributed by atoms with Crippen molar-refractivity contribution in [3.8, 4) is 5.69 Å². The van der Waals surface area contributed by atoms with E-state index in [-0.39, 0.29) is 5.69 Å². The van der Waals surface area contributed by atoms with Crippen LogP contribution in [0.3, 0.4) is 0 Å². The van der Waals surface area contributed by atoms with E-state index in [4.69, 9.17) is 10.3 Å². The number of azide groups is 1. The van der Waals surface area contributed by atoms with Crippen LogP contribution in [0.15, 0.2) is 35.6 Å². The molecule has 1 saturated heterocycles. The normalized spacial score (nSPS) is 14.5. The molecule has 22 heavy (non-hydrogen) atoms. The summed E-state index contributed by atoms with van der Waals surface area (Å²) >= 11 is 0. The highest BCUT2D eigenvalue weighted by atomic mass is 16.5. The van der Waals surface area contributed by atoms with Crippen LogP contribution >= 0.6 is 0 Å². The molecule has 0 atom stereocenters. The third-order valence-electron chi connectivity index (χ3n) is 3.34. The van der Waals surface area contributed by atoms with Crippen LogP contribution < -0.4 is 4.90 Å². The Labute approximate surface area is 125 Å². The molecule has 9 heteroatoms. The highest BCUT2D eigenvalue weighted by Crippen LogP contribution is 2.18. The maximum Gasteiger partial charge on any atom is 0.270 e. The minimum atomic E-state index is -0.751. The first-order valence-corrected chi connectivity index (χ1v) is 6.73. The van der Waals surface area contributed by atoms with E-state index in [1.54, 1.807) is 0 Å². The lowest BCUT2D eigenvalue weighted by Crippen LogP contribution is -2.36. The maximum atomic E-state index is 11.4. The van der Waals surface area contributed by atoms with Gasteiger partial charge in [-0.15, -0.1) is 5.10 Å². The number of amides is 1. The molecule has 9 nitrogen and oxygen atoms in total. The summed E-state index contributed by atoms with van der Waals surface area (Å²) in [5.41, 5.74) is 10.1. The van der Waals surface area contributed by atoms with Crippen molar-refractivity contribution in [2.24, 2.45) is 5.11 Å². The number of benzene rings is 1. The summed E-state index contributed by atoms with van der Waals surface area (Å²) in [4.78, 5) is 16.1. The zero-order chi connectivity index (χ0) is 15.4. The largest absolute Gasteiger partial charge is 0.378 e. The third-order valence-corrected chi connectivity index (χ3v) is 3.34. The van der Waals surface area contributed by atoms with Crippen molar-refractivity contribution in [3.05, 3.63) is 46.6 Å². The van der Waals surface area contributed by atoms with E-state index in [1.165, 1.54) is 10.9 Å². The van der Waals surface area contributed by atoms with Crippen LogP contribution in [0.2, 0.25) is 0 Å². The Morgan fingerprint density at radius 3 is 2.59 bits per heavy atom. The molecule has 0 unspecified atom stereocenters. The van der Waals surface area contributed by atoms with Crippen LogP contribution in [0.25, 0.3) is 16.1 Å². The summed E-state index contributed by atoms with van der Waals surface area (Å²) in [6.45, 7) is 3.20. The first-order valence-electron chi connectivity index (χ1n) is 6.73. The molecule has 3 rings (SSSR count). The average Bonchev–Trinajstić information content (AvgIpc) is 3.06. The number of anilines is 1. The average molecular weight is 299 g/mol. The lowest BCUT2D eigenvalue weighted by Gasteiger charge is -2.28. The quantitative estimate of drug-likeness (QED) is 0.485. The van der Waals surface area contributed by atoms with Gasteiger partial charge < -0.3 is 9.64 Å². The highest BCUT2D eigenvalue weighted by Gasteiger charge is 2.12. The molecule has 2 heterocycles. The molecule has 1 fully saturated rings. The van der Waals surface area contributed by atoms with Gasteiger partial charge in [0.2, 0.25) is 0 Å². The second-order valence-electron chi connectivity index (χ2n) is 4.66. The fraction of sp³-hybridized carbons (Fsp3) is 0.308. The van der Waals surface area contributed by atoms with Gasteiger partial charge in [-0.05, 0) is 34.9 Å². The van der Waals surface area contributed by atoms with Crippen LogP contribution in [0, 0.1) is 0 Å². The van der Waals surface area contributed by atoms with E-state index in [2.05, 4.69) is 25.2 Å². The van der Waals surface area contributed by atoms with Gasteiger partial charge in [-0.1, -0.05) is 5.21 Å². The SMILES string of the molecule is [N-]=[N+]=NC(=O)c1cn(-c2ccc(N3CCOCC3)cc2)nn1. The molecule has 112 valence electrons.